The highest BCUT2D eigenvalue weighted by Crippen LogP contribution is 2.23. The molecule has 3 nitrogen and oxygen atoms in total. The number of halogens is 1. The number of hydrogen-bond donors (Lipinski definition) is 0. The topological polar surface area (TPSA) is 54.0 Å². The van der Waals surface area contributed by atoms with Crippen molar-refractivity contribution >= 4 is 11.0 Å². The van der Waals surface area contributed by atoms with Gasteiger partial charge in [0.05, 0.1) is 17.0 Å². The molecule has 3 aromatic rings. The highest BCUT2D eigenvalue weighted by molar-refractivity contribution is 5.83. The first-order chi connectivity index (χ1) is 9.69. The molecular weight excluding hydrogens is 257 g/mol. The van der Waals surface area contributed by atoms with Crippen LogP contribution in [0.3, 0.4) is 0 Å². The number of nitriles is 1. The lowest BCUT2D eigenvalue weighted by atomic mass is 10.0. The first-order valence-electron chi connectivity index (χ1n) is 5.90. The lowest BCUT2D eigenvalue weighted by Gasteiger charge is -2.03. The third-order valence-corrected chi connectivity index (χ3v) is 3.06. The van der Waals surface area contributed by atoms with Crippen molar-refractivity contribution < 1.29 is 8.81 Å². The number of fused-ring (bicyclic) bond motifs is 1. The molecule has 0 aliphatic carbocycles. The molecule has 4 heteroatoms. The predicted molar refractivity (Wildman–Crippen MR) is 72.6 cm³/mol. The van der Waals surface area contributed by atoms with Crippen LogP contribution in [-0.2, 0) is 0 Å². The molecule has 0 atom stereocenters. The van der Waals surface area contributed by atoms with Crippen molar-refractivity contribution in [3.63, 3.8) is 0 Å². The minimum atomic E-state index is -0.916. The standard InChI is InChI=1S/C16H8FNO2/c17-14-9-20-15-5-4-12(7-13(15)16(14)19)11-3-1-2-10(6-11)8-18/h1-7,9H. The van der Waals surface area contributed by atoms with Gasteiger partial charge in [-0.3, -0.25) is 4.79 Å². The first kappa shape index (κ1) is 12.1. The summed E-state index contributed by atoms with van der Waals surface area (Å²) < 4.78 is 18.3. The van der Waals surface area contributed by atoms with E-state index >= 15 is 0 Å². The first-order valence-corrected chi connectivity index (χ1v) is 5.90. The molecule has 0 bridgehead atoms. The van der Waals surface area contributed by atoms with Gasteiger partial charge in [0, 0.05) is 0 Å². The fraction of sp³-hybridized carbons (Fsp3) is 0. The maximum atomic E-state index is 13.3. The zero-order chi connectivity index (χ0) is 14.1. The largest absolute Gasteiger partial charge is 0.461 e. The Balaban J connectivity index is 2.25. The molecule has 0 N–H and O–H groups in total. The quantitative estimate of drug-likeness (QED) is 0.677. The Bertz CT molecular complexity index is 906. The number of nitrogens with zero attached hydrogens (tertiary/aromatic N) is 1. The molecule has 0 fully saturated rings. The van der Waals surface area contributed by atoms with Gasteiger partial charge in [0.15, 0.2) is 0 Å². The van der Waals surface area contributed by atoms with Crippen LogP contribution in [0, 0.1) is 17.1 Å². The molecule has 3 rings (SSSR count). The highest BCUT2D eigenvalue weighted by atomic mass is 19.1. The summed E-state index contributed by atoms with van der Waals surface area (Å²) in [7, 11) is 0. The van der Waals surface area contributed by atoms with Crippen molar-refractivity contribution in [2.45, 2.75) is 0 Å². The van der Waals surface area contributed by atoms with E-state index in [2.05, 4.69) is 6.07 Å². The molecule has 1 heterocycles. The average Bonchev–Trinajstić information content (AvgIpc) is 2.51. The van der Waals surface area contributed by atoms with Crippen LogP contribution in [0.15, 0.2) is 57.9 Å². The third kappa shape index (κ3) is 1.95. The Kier molecular flexibility index (Phi) is 2.81. The van der Waals surface area contributed by atoms with Gasteiger partial charge >= 0.3 is 0 Å². The fourth-order valence-corrected chi connectivity index (χ4v) is 2.06. The Morgan fingerprint density at radius 3 is 2.70 bits per heavy atom. The maximum Gasteiger partial charge on any atom is 0.228 e. The minimum Gasteiger partial charge on any atom is -0.461 e. The van der Waals surface area contributed by atoms with Crippen LogP contribution in [0.4, 0.5) is 4.39 Å². The van der Waals surface area contributed by atoms with E-state index in [1.165, 1.54) is 0 Å². The van der Waals surface area contributed by atoms with Crippen molar-refractivity contribution in [1.82, 2.24) is 0 Å². The monoisotopic (exact) mass is 265 g/mol. The third-order valence-electron chi connectivity index (χ3n) is 3.06. The van der Waals surface area contributed by atoms with Gasteiger partial charge in [-0.2, -0.15) is 9.65 Å². The zero-order valence-corrected chi connectivity index (χ0v) is 10.3. The fourth-order valence-electron chi connectivity index (χ4n) is 2.06. The molecule has 1 aromatic heterocycles. The van der Waals surface area contributed by atoms with Gasteiger partial charge in [-0.25, -0.2) is 0 Å². The number of benzene rings is 2. The Labute approximate surface area is 113 Å². The van der Waals surface area contributed by atoms with Gasteiger partial charge in [-0.05, 0) is 35.4 Å². The maximum absolute atomic E-state index is 13.3. The molecule has 20 heavy (non-hydrogen) atoms. The minimum absolute atomic E-state index is 0.185. The molecule has 0 aliphatic rings. The second-order valence-electron chi connectivity index (χ2n) is 4.32. The number of rotatable bonds is 1. The normalized spacial score (nSPS) is 10.4. The van der Waals surface area contributed by atoms with Crippen LogP contribution in [0.5, 0.6) is 0 Å². The summed E-state index contributed by atoms with van der Waals surface area (Å²) >= 11 is 0. The van der Waals surface area contributed by atoms with E-state index in [1.807, 2.05) is 6.07 Å². The van der Waals surface area contributed by atoms with Crippen LogP contribution in [0.1, 0.15) is 5.56 Å². The van der Waals surface area contributed by atoms with Crippen LogP contribution in [0.2, 0.25) is 0 Å². The van der Waals surface area contributed by atoms with Gasteiger partial charge < -0.3 is 4.42 Å². The molecule has 96 valence electrons. The van der Waals surface area contributed by atoms with Crippen LogP contribution < -0.4 is 5.43 Å². The van der Waals surface area contributed by atoms with Crippen molar-refractivity contribution in [2.75, 3.05) is 0 Å². The molecule has 0 saturated heterocycles. The van der Waals surface area contributed by atoms with E-state index in [0.717, 1.165) is 17.4 Å². The smallest absolute Gasteiger partial charge is 0.228 e. The second-order valence-corrected chi connectivity index (χ2v) is 4.32. The van der Waals surface area contributed by atoms with E-state index < -0.39 is 11.2 Å². The lowest BCUT2D eigenvalue weighted by molar-refractivity contribution is 0.520. The van der Waals surface area contributed by atoms with Crippen molar-refractivity contribution in [3.05, 3.63) is 70.3 Å². The van der Waals surface area contributed by atoms with Crippen LogP contribution in [0.25, 0.3) is 22.1 Å². The molecule has 0 saturated carbocycles. The van der Waals surface area contributed by atoms with Gasteiger partial charge in [0.25, 0.3) is 0 Å². The molecule has 2 aromatic carbocycles. The van der Waals surface area contributed by atoms with Crippen LogP contribution in [-0.4, -0.2) is 0 Å². The summed E-state index contributed by atoms with van der Waals surface area (Å²) in [4.78, 5) is 11.7. The van der Waals surface area contributed by atoms with E-state index in [1.54, 1.807) is 36.4 Å². The van der Waals surface area contributed by atoms with Crippen molar-refractivity contribution in [3.8, 4) is 17.2 Å². The van der Waals surface area contributed by atoms with E-state index in [-0.39, 0.29) is 5.39 Å². The second kappa shape index (κ2) is 4.63. The summed E-state index contributed by atoms with van der Waals surface area (Å²) in [5.41, 5.74) is 1.68. The lowest BCUT2D eigenvalue weighted by Crippen LogP contribution is -2.05. The van der Waals surface area contributed by atoms with Gasteiger partial charge in [0.1, 0.15) is 11.8 Å². The summed E-state index contributed by atoms with van der Waals surface area (Å²) in [6.45, 7) is 0. The average molecular weight is 265 g/mol. The number of hydrogen-bond acceptors (Lipinski definition) is 3. The van der Waals surface area contributed by atoms with Crippen molar-refractivity contribution in [1.29, 1.82) is 5.26 Å². The van der Waals surface area contributed by atoms with Gasteiger partial charge in [-0.15, -0.1) is 0 Å². The molecule has 0 unspecified atom stereocenters. The summed E-state index contributed by atoms with van der Waals surface area (Å²) in [6.07, 6.45) is 0.806. The van der Waals surface area contributed by atoms with Gasteiger partial charge in [0.2, 0.25) is 11.2 Å². The Hall–Kier alpha value is -2.93. The summed E-state index contributed by atoms with van der Waals surface area (Å²) in [5, 5.41) is 9.08. The summed E-state index contributed by atoms with van der Waals surface area (Å²) in [6, 6.07) is 14.0. The molecular formula is C16H8FNO2. The molecule has 0 spiro atoms. The van der Waals surface area contributed by atoms with E-state index in [4.69, 9.17) is 9.68 Å². The van der Waals surface area contributed by atoms with Crippen LogP contribution >= 0.6 is 0 Å². The Morgan fingerprint density at radius 1 is 1.10 bits per heavy atom. The SMILES string of the molecule is N#Cc1cccc(-c2ccc3occ(F)c(=O)c3c2)c1. The molecule has 0 aliphatic heterocycles. The molecule has 0 amide bonds. The predicted octanol–water partition coefficient (Wildman–Crippen LogP) is 3.47. The van der Waals surface area contributed by atoms with Crippen molar-refractivity contribution in [2.24, 2.45) is 0 Å². The van der Waals surface area contributed by atoms with Gasteiger partial charge in [-0.1, -0.05) is 18.2 Å². The highest BCUT2D eigenvalue weighted by Gasteiger charge is 2.08. The Morgan fingerprint density at radius 2 is 1.90 bits per heavy atom. The summed E-state index contributed by atoms with van der Waals surface area (Å²) in [5.74, 6) is -0.916. The van der Waals surface area contributed by atoms with E-state index in [0.29, 0.717) is 11.1 Å². The molecule has 0 radical (unpaired) electrons. The van der Waals surface area contributed by atoms with E-state index in [9.17, 15) is 9.18 Å². The zero-order valence-electron chi connectivity index (χ0n) is 10.3.